The third kappa shape index (κ3) is 18.5. The number of nitrogens with zero attached hydrogens (tertiary/aromatic N) is 4. The Kier molecular flexibility index (Phi) is 30.1. The molecular weight excluding hydrogens is 926 g/mol. The van der Waals surface area contributed by atoms with Gasteiger partial charge in [0, 0.05) is 47.0 Å². The normalized spacial score (nSPS) is 8.90. The summed E-state index contributed by atoms with van der Waals surface area (Å²) in [6.45, 7) is 8.11. The van der Waals surface area contributed by atoms with Gasteiger partial charge in [-0.25, -0.2) is 0 Å². The average Bonchev–Trinajstić information content (AvgIpc) is 3.13. The maximum absolute atomic E-state index is 10.5. The molecule has 0 bridgehead atoms. The third-order valence-corrected chi connectivity index (χ3v) is 7.68. The van der Waals surface area contributed by atoms with Crippen LogP contribution in [0.25, 0.3) is 22.8 Å². The third-order valence-electron chi connectivity index (χ3n) is 7.05. The second-order valence-electron chi connectivity index (χ2n) is 11.4. The molecule has 326 valence electrons. The van der Waals surface area contributed by atoms with E-state index in [4.69, 9.17) is 23.2 Å². The van der Waals surface area contributed by atoms with E-state index in [9.17, 15) is 39.6 Å². The molecule has 0 saturated heterocycles. The van der Waals surface area contributed by atoms with Crippen molar-refractivity contribution in [3.8, 4) is 22.8 Å². The fraction of sp³-hybridized carbons (Fsp3) is 0.100. The van der Waals surface area contributed by atoms with Crippen LogP contribution in [0.3, 0.4) is 0 Å². The number of carbonyl (C=O) groups is 4. The monoisotopic (exact) mass is 964 g/mol. The van der Waals surface area contributed by atoms with Crippen molar-refractivity contribution in [1.29, 1.82) is 0 Å². The molecule has 0 fully saturated rings. The van der Waals surface area contributed by atoms with Gasteiger partial charge in [-0.3, -0.25) is 19.9 Å². The van der Waals surface area contributed by atoms with E-state index in [1.165, 1.54) is 46.5 Å². The molecule has 2 aromatic carbocycles. The van der Waals surface area contributed by atoms with Crippen LogP contribution >= 0.6 is 23.2 Å². The molecular formula is C40H40Cl2Cu2N4O12+2. The van der Waals surface area contributed by atoms with Crippen LogP contribution in [-0.2, 0) is 45.1 Å². The Morgan fingerprint density at radius 1 is 0.417 bits per heavy atom. The van der Waals surface area contributed by atoms with Gasteiger partial charge in [-0.15, -0.1) is 0 Å². The summed E-state index contributed by atoms with van der Waals surface area (Å²) in [7, 11) is 0. The predicted octanol–water partition coefficient (Wildman–Crippen LogP) is 0.157. The topological polar surface area (TPSA) is 341 Å². The number of halogens is 2. The van der Waals surface area contributed by atoms with Crippen molar-refractivity contribution in [2.45, 2.75) is 27.7 Å². The molecule has 6 aromatic rings. The summed E-state index contributed by atoms with van der Waals surface area (Å²) < 4.78 is 0. The minimum absolute atomic E-state index is 0. The average molecular weight is 967 g/mol. The second-order valence-corrected chi connectivity index (χ2v) is 12.2. The van der Waals surface area contributed by atoms with Gasteiger partial charge in [0.15, 0.2) is 0 Å². The van der Waals surface area contributed by atoms with Gasteiger partial charge in [-0.1, -0.05) is 71.7 Å². The number of carboxylic acids is 4. The first-order valence-corrected chi connectivity index (χ1v) is 16.5. The Morgan fingerprint density at radius 3 is 0.800 bits per heavy atom. The number of carbonyl (C=O) groups excluding carboxylic acids is 4. The first-order valence-electron chi connectivity index (χ1n) is 15.7. The summed E-state index contributed by atoms with van der Waals surface area (Å²) in [6.07, 6.45) is 7.43. The number of pyridine rings is 4. The van der Waals surface area contributed by atoms with E-state index in [1.54, 1.807) is 0 Å². The Labute approximate surface area is 375 Å². The van der Waals surface area contributed by atoms with Crippen molar-refractivity contribution in [2.24, 2.45) is 0 Å². The van der Waals surface area contributed by atoms with Crippen molar-refractivity contribution in [1.82, 2.24) is 19.9 Å². The van der Waals surface area contributed by atoms with Gasteiger partial charge in [-0.2, -0.15) is 0 Å². The van der Waals surface area contributed by atoms with E-state index < -0.39 is 46.1 Å². The number of hydrogen-bond acceptors (Lipinski definition) is 12. The van der Waals surface area contributed by atoms with Crippen molar-refractivity contribution < 1.29 is 95.6 Å². The molecule has 4 heterocycles. The van der Waals surface area contributed by atoms with E-state index in [1.807, 2.05) is 101 Å². The van der Waals surface area contributed by atoms with Gasteiger partial charge in [0.25, 0.3) is 0 Å². The Bertz CT molecular complexity index is 2010. The van der Waals surface area contributed by atoms with Crippen LogP contribution in [0, 0.1) is 27.7 Å². The molecule has 0 unspecified atom stereocenters. The minimum atomic E-state index is -1.63. The number of rotatable bonds is 6. The molecule has 16 nitrogen and oxygen atoms in total. The number of carboxylic acid groups (broad SMARTS) is 4. The van der Waals surface area contributed by atoms with Crippen LogP contribution in [0.5, 0.6) is 0 Å². The molecule has 10 N–H and O–H groups in total. The molecule has 60 heavy (non-hydrogen) atoms. The fourth-order valence-corrected chi connectivity index (χ4v) is 4.78. The molecule has 0 atom stereocenters. The van der Waals surface area contributed by atoms with Gasteiger partial charge >= 0.3 is 34.1 Å². The first-order chi connectivity index (χ1) is 25.6. The quantitative estimate of drug-likeness (QED) is 0.159. The van der Waals surface area contributed by atoms with E-state index in [2.05, 4.69) is 19.9 Å². The summed E-state index contributed by atoms with van der Waals surface area (Å²) >= 11 is 10.9. The number of hydrogen-bond donors (Lipinski definition) is 0. The molecule has 20 heteroatoms. The summed E-state index contributed by atoms with van der Waals surface area (Å²) in [6, 6.07) is 23.5. The van der Waals surface area contributed by atoms with Crippen LogP contribution in [0.4, 0.5) is 0 Å². The van der Waals surface area contributed by atoms with E-state index in [0.717, 1.165) is 34.9 Å². The zero-order valence-corrected chi connectivity index (χ0v) is 35.4. The largest absolute Gasteiger partial charge is 2.00 e. The number of aromatic nitrogens is 4. The van der Waals surface area contributed by atoms with Crippen LogP contribution in [0.1, 0.15) is 63.7 Å². The molecule has 4 aromatic heterocycles. The Hall–Kier alpha value is -5.62. The molecule has 0 aliphatic carbocycles. The second kappa shape index (κ2) is 29.6. The first kappa shape index (κ1) is 61.0. The van der Waals surface area contributed by atoms with Gasteiger partial charge < -0.3 is 61.5 Å². The summed E-state index contributed by atoms with van der Waals surface area (Å²) in [5.41, 5.74) is 6.31. The number of aryl methyl sites for hydroxylation is 4. The van der Waals surface area contributed by atoms with E-state index in [0.29, 0.717) is 0 Å². The Balaban J connectivity index is -0.000000338. The maximum Gasteiger partial charge on any atom is 2.00 e. The van der Waals surface area contributed by atoms with E-state index in [-0.39, 0.29) is 66.1 Å². The molecule has 2 radical (unpaired) electrons. The van der Waals surface area contributed by atoms with Crippen LogP contribution in [0.15, 0.2) is 110 Å². The minimum Gasteiger partial charge on any atom is -0.545 e. The van der Waals surface area contributed by atoms with Gasteiger partial charge in [0.2, 0.25) is 0 Å². The SMILES string of the molecule is Cc1ccc(-c2ccc(C)cn2)nc1.Cc1ccc(-c2ccc(C)cn2)nc1.O.O.O=C([O-])c1cccc(Cl)c1C(=O)[O-].O=C([O-])c1cccc(Cl)c1C(=O)[O-].[Cu+2].[Cu+2].[OH3+].[OH3+]. The van der Waals surface area contributed by atoms with Crippen LogP contribution in [0.2, 0.25) is 10.0 Å². The molecule has 6 rings (SSSR count). The van der Waals surface area contributed by atoms with E-state index >= 15 is 0 Å². The van der Waals surface area contributed by atoms with Crippen LogP contribution in [-0.4, -0.2) is 54.8 Å². The van der Waals surface area contributed by atoms with Crippen molar-refractivity contribution >= 4 is 47.1 Å². The van der Waals surface area contributed by atoms with Gasteiger partial charge in [0.1, 0.15) is 0 Å². The van der Waals surface area contributed by atoms with Crippen molar-refractivity contribution in [3.63, 3.8) is 0 Å². The number of benzene rings is 2. The molecule has 0 aliphatic heterocycles. The molecule has 0 aliphatic rings. The summed E-state index contributed by atoms with van der Waals surface area (Å²) in [4.78, 5) is 59.0. The molecule has 0 spiro atoms. The van der Waals surface area contributed by atoms with Gasteiger partial charge in [0.05, 0.1) is 56.7 Å². The molecule has 0 amide bonds. The fourth-order valence-electron chi connectivity index (χ4n) is 4.28. The molecule has 0 saturated carbocycles. The standard InChI is InChI=1S/2C12H12N2.2C8H5ClO4.2Cu.4H2O/c2*1-9-3-5-11(13-7-9)12-6-4-10(2)8-14-12;2*9-5-3-1-2-4(7(10)11)6(5)8(12)13;;;;;;/h2*3-8H,1-2H3;2*1-3H,(H,10,11)(H,12,13);;;4*1H2/q;;;;2*+2;;;;/p-2. The zero-order valence-electron chi connectivity index (χ0n) is 32.0. The summed E-state index contributed by atoms with van der Waals surface area (Å²) in [5, 5.41) is 41.4. The van der Waals surface area contributed by atoms with Crippen LogP contribution < -0.4 is 20.4 Å². The van der Waals surface area contributed by atoms with Gasteiger partial charge in [-0.05, 0) is 86.3 Å². The van der Waals surface area contributed by atoms with Crippen molar-refractivity contribution in [2.75, 3.05) is 0 Å². The zero-order chi connectivity index (χ0) is 39.9. The maximum atomic E-state index is 10.5. The number of aromatic carboxylic acids is 4. The predicted molar refractivity (Wildman–Crippen MR) is 211 cm³/mol. The Morgan fingerprint density at radius 2 is 0.650 bits per heavy atom. The smallest absolute Gasteiger partial charge is 0.545 e. The van der Waals surface area contributed by atoms with Crippen molar-refractivity contribution in [3.05, 3.63) is 164 Å². The summed E-state index contributed by atoms with van der Waals surface area (Å²) in [5.74, 6) is -6.46.